The monoisotopic (exact) mass is 326 g/mol. The topological polar surface area (TPSA) is 51.6 Å². The molecule has 0 aliphatic heterocycles. The zero-order chi connectivity index (χ0) is 17.7. The zero-order valence-electron chi connectivity index (χ0n) is 15.8. The van der Waals surface area contributed by atoms with E-state index in [9.17, 15) is 0 Å². The molecular formula is C20H30N4. The van der Waals surface area contributed by atoms with Crippen LogP contribution in [0.25, 0.3) is 0 Å². The fourth-order valence-electron chi connectivity index (χ4n) is 2.61. The molecule has 2 aromatic rings. The molecule has 24 heavy (non-hydrogen) atoms. The summed E-state index contributed by atoms with van der Waals surface area (Å²) in [6.45, 7) is 13.0. The van der Waals surface area contributed by atoms with Gasteiger partial charge in [0.2, 0.25) is 0 Å². The third-order valence-electron chi connectivity index (χ3n) is 4.59. The molecule has 0 saturated carbocycles. The summed E-state index contributed by atoms with van der Waals surface area (Å²) in [5.41, 5.74) is 4.30. The van der Waals surface area contributed by atoms with Gasteiger partial charge >= 0.3 is 0 Å². The highest BCUT2D eigenvalue weighted by atomic mass is 14.8. The average molecular weight is 326 g/mol. The van der Waals surface area contributed by atoms with Crippen LogP contribution in [-0.2, 0) is 0 Å². The molecule has 0 amide bonds. The Bertz CT molecular complexity index is 634. The first-order valence-electron chi connectivity index (χ1n) is 9.02. The second kappa shape index (κ2) is 8.32. The zero-order valence-corrected chi connectivity index (χ0v) is 15.8. The van der Waals surface area contributed by atoms with E-state index in [1.807, 2.05) is 24.8 Å². The SMILES string of the molecule is CC(C)c1cnc(C(C)CCC(C)c2cncc(C(C)C)n2)cn1. The highest BCUT2D eigenvalue weighted by molar-refractivity contribution is 5.11. The van der Waals surface area contributed by atoms with Crippen LogP contribution in [0.1, 0.15) is 101 Å². The molecule has 0 N–H and O–H groups in total. The van der Waals surface area contributed by atoms with Gasteiger partial charge in [-0.05, 0) is 36.5 Å². The quantitative estimate of drug-likeness (QED) is 0.701. The molecule has 0 saturated heterocycles. The van der Waals surface area contributed by atoms with Crippen molar-refractivity contribution >= 4 is 0 Å². The Morgan fingerprint density at radius 1 is 0.625 bits per heavy atom. The van der Waals surface area contributed by atoms with Gasteiger partial charge in [-0.3, -0.25) is 19.9 Å². The Morgan fingerprint density at radius 2 is 1.12 bits per heavy atom. The first-order valence-corrected chi connectivity index (χ1v) is 9.02. The Morgan fingerprint density at radius 3 is 1.67 bits per heavy atom. The van der Waals surface area contributed by atoms with E-state index in [1.165, 1.54) is 0 Å². The van der Waals surface area contributed by atoms with E-state index in [0.717, 1.165) is 35.6 Å². The van der Waals surface area contributed by atoms with Crippen molar-refractivity contribution in [2.24, 2.45) is 0 Å². The molecule has 0 spiro atoms. The van der Waals surface area contributed by atoms with Gasteiger partial charge in [0.15, 0.2) is 0 Å². The van der Waals surface area contributed by atoms with E-state index in [4.69, 9.17) is 4.98 Å². The van der Waals surface area contributed by atoms with Gasteiger partial charge in [0, 0.05) is 24.8 Å². The molecule has 2 unspecified atom stereocenters. The van der Waals surface area contributed by atoms with Crippen molar-refractivity contribution in [3.8, 4) is 0 Å². The van der Waals surface area contributed by atoms with Crippen molar-refractivity contribution < 1.29 is 0 Å². The maximum absolute atomic E-state index is 4.76. The summed E-state index contributed by atoms with van der Waals surface area (Å²) in [7, 11) is 0. The van der Waals surface area contributed by atoms with Gasteiger partial charge in [-0.25, -0.2) is 0 Å². The van der Waals surface area contributed by atoms with E-state index in [2.05, 4.69) is 56.5 Å². The average Bonchev–Trinajstić information content (AvgIpc) is 2.59. The van der Waals surface area contributed by atoms with Gasteiger partial charge in [-0.1, -0.05) is 41.5 Å². The van der Waals surface area contributed by atoms with E-state index in [-0.39, 0.29) is 0 Å². The first kappa shape index (κ1) is 18.5. The molecule has 2 heterocycles. The van der Waals surface area contributed by atoms with Gasteiger partial charge in [0.1, 0.15) is 0 Å². The van der Waals surface area contributed by atoms with Gasteiger partial charge in [0.25, 0.3) is 0 Å². The Hall–Kier alpha value is -1.84. The molecule has 0 bridgehead atoms. The Labute approximate surface area is 146 Å². The van der Waals surface area contributed by atoms with E-state index >= 15 is 0 Å². The van der Waals surface area contributed by atoms with Gasteiger partial charge in [-0.15, -0.1) is 0 Å². The second-order valence-corrected chi connectivity index (χ2v) is 7.42. The lowest BCUT2D eigenvalue weighted by Gasteiger charge is -2.16. The molecular weight excluding hydrogens is 296 g/mol. The smallest absolute Gasteiger partial charge is 0.0618 e. The standard InChI is InChI=1S/C20H30N4/c1-13(2)17-11-23-19(12-22-17)15(5)7-8-16(6)20-10-21-9-18(24-20)14(3)4/h9-16H,7-8H2,1-6H3. The molecule has 130 valence electrons. The Balaban J connectivity index is 1.95. The van der Waals surface area contributed by atoms with Crippen LogP contribution in [0.15, 0.2) is 24.8 Å². The van der Waals surface area contributed by atoms with E-state index in [1.54, 1.807) is 0 Å². The van der Waals surface area contributed by atoms with Crippen LogP contribution >= 0.6 is 0 Å². The molecule has 4 nitrogen and oxygen atoms in total. The van der Waals surface area contributed by atoms with Crippen LogP contribution < -0.4 is 0 Å². The van der Waals surface area contributed by atoms with Crippen LogP contribution in [0.5, 0.6) is 0 Å². The highest BCUT2D eigenvalue weighted by Crippen LogP contribution is 2.26. The van der Waals surface area contributed by atoms with Crippen molar-refractivity contribution in [2.75, 3.05) is 0 Å². The summed E-state index contributed by atoms with van der Waals surface area (Å²) in [6.07, 6.45) is 9.77. The summed E-state index contributed by atoms with van der Waals surface area (Å²) in [5.74, 6) is 1.65. The molecule has 2 rings (SSSR count). The van der Waals surface area contributed by atoms with Crippen LogP contribution in [0, 0.1) is 0 Å². The normalized spacial score (nSPS) is 14.2. The van der Waals surface area contributed by atoms with Crippen LogP contribution in [0.4, 0.5) is 0 Å². The maximum Gasteiger partial charge on any atom is 0.0618 e. The number of hydrogen-bond acceptors (Lipinski definition) is 4. The minimum atomic E-state index is 0.404. The fourth-order valence-corrected chi connectivity index (χ4v) is 2.61. The molecule has 0 radical (unpaired) electrons. The molecule has 0 aliphatic carbocycles. The van der Waals surface area contributed by atoms with E-state index < -0.39 is 0 Å². The van der Waals surface area contributed by atoms with Crippen molar-refractivity contribution in [1.82, 2.24) is 19.9 Å². The van der Waals surface area contributed by atoms with Crippen LogP contribution in [-0.4, -0.2) is 19.9 Å². The van der Waals surface area contributed by atoms with E-state index in [0.29, 0.717) is 23.7 Å². The lowest BCUT2D eigenvalue weighted by atomic mass is 9.94. The molecule has 0 aliphatic rings. The van der Waals surface area contributed by atoms with Crippen LogP contribution in [0.3, 0.4) is 0 Å². The number of rotatable bonds is 7. The van der Waals surface area contributed by atoms with Crippen molar-refractivity contribution in [1.29, 1.82) is 0 Å². The molecule has 2 aromatic heterocycles. The van der Waals surface area contributed by atoms with Crippen LogP contribution in [0.2, 0.25) is 0 Å². The lowest BCUT2D eigenvalue weighted by molar-refractivity contribution is 0.551. The summed E-state index contributed by atoms with van der Waals surface area (Å²) < 4.78 is 0. The molecule has 2 atom stereocenters. The largest absolute Gasteiger partial charge is 0.261 e. The predicted octanol–water partition coefficient (Wildman–Crippen LogP) is 5.20. The van der Waals surface area contributed by atoms with Gasteiger partial charge in [-0.2, -0.15) is 0 Å². The molecule has 4 heteroatoms. The third-order valence-corrected chi connectivity index (χ3v) is 4.59. The third kappa shape index (κ3) is 4.83. The summed E-state index contributed by atoms with van der Waals surface area (Å²) in [5, 5.41) is 0. The summed E-state index contributed by atoms with van der Waals surface area (Å²) in [4.78, 5) is 18.2. The predicted molar refractivity (Wildman–Crippen MR) is 98.3 cm³/mol. The van der Waals surface area contributed by atoms with Gasteiger partial charge in [0.05, 0.1) is 22.8 Å². The first-order chi connectivity index (χ1) is 11.4. The number of hydrogen-bond donors (Lipinski definition) is 0. The molecule has 0 fully saturated rings. The van der Waals surface area contributed by atoms with Crippen molar-refractivity contribution in [3.05, 3.63) is 47.6 Å². The maximum atomic E-state index is 4.76. The fraction of sp³-hybridized carbons (Fsp3) is 0.600. The summed E-state index contributed by atoms with van der Waals surface area (Å²) in [6, 6.07) is 0. The van der Waals surface area contributed by atoms with Crippen molar-refractivity contribution in [3.63, 3.8) is 0 Å². The Kier molecular flexibility index (Phi) is 6.41. The van der Waals surface area contributed by atoms with Crippen molar-refractivity contribution in [2.45, 2.75) is 78.1 Å². The number of nitrogens with zero attached hydrogens (tertiary/aromatic N) is 4. The minimum absolute atomic E-state index is 0.404. The number of aromatic nitrogens is 4. The summed E-state index contributed by atoms with van der Waals surface area (Å²) >= 11 is 0. The second-order valence-electron chi connectivity index (χ2n) is 7.42. The lowest BCUT2D eigenvalue weighted by Crippen LogP contribution is -2.06. The minimum Gasteiger partial charge on any atom is -0.261 e. The highest BCUT2D eigenvalue weighted by Gasteiger charge is 2.14. The van der Waals surface area contributed by atoms with Gasteiger partial charge < -0.3 is 0 Å². The molecule has 0 aromatic carbocycles.